The van der Waals surface area contributed by atoms with Gasteiger partial charge in [-0.1, -0.05) is 6.92 Å². The molecule has 3 atom stereocenters. The van der Waals surface area contributed by atoms with Gasteiger partial charge in [0.05, 0.1) is 13.7 Å². The smallest absolute Gasteiger partial charge is 0.325 e. The molecule has 3 unspecified atom stereocenters. The standard InChI is InChI=1S/C15H30N2O3/c1-6-16-15(3,14(18)20-5)9-12(2)17-8-7-13(10-17)11-19-4/h12-13,16H,6-11H2,1-5H3. The monoisotopic (exact) mass is 286 g/mol. The molecule has 0 spiro atoms. The highest BCUT2D eigenvalue weighted by molar-refractivity contribution is 5.80. The Morgan fingerprint density at radius 1 is 1.50 bits per heavy atom. The summed E-state index contributed by atoms with van der Waals surface area (Å²) < 4.78 is 10.2. The van der Waals surface area contributed by atoms with Crippen molar-refractivity contribution < 1.29 is 14.3 Å². The second-order valence-corrected chi connectivity index (χ2v) is 6.01. The van der Waals surface area contributed by atoms with Crippen LogP contribution in [0.15, 0.2) is 0 Å². The van der Waals surface area contributed by atoms with Gasteiger partial charge in [0.15, 0.2) is 0 Å². The summed E-state index contributed by atoms with van der Waals surface area (Å²) in [5.74, 6) is 0.435. The van der Waals surface area contributed by atoms with Crippen LogP contribution in [0.4, 0.5) is 0 Å². The molecule has 0 aromatic rings. The van der Waals surface area contributed by atoms with Crippen LogP contribution in [0.3, 0.4) is 0 Å². The van der Waals surface area contributed by atoms with Gasteiger partial charge >= 0.3 is 5.97 Å². The fraction of sp³-hybridized carbons (Fsp3) is 0.933. The summed E-state index contributed by atoms with van der Waals surface area (Å²) in [6, 6.07) is 0.347. The quantitative estimate of drug-likeness (QED) is 0.681. The molecule has 5 nitrogen and oxygen atoms in total. The molecule has 20 heavy (non-hydrogen) atoms. The number of rotatable bonds is 8. The second-order valence-electron chi connectivity index (χ2n) is 6.01. The van der Waals surface area contributed by atoms with E-state index in [1.54, 1.807) is 7.11 Å². The fourth-order valence-electron chi connectivity index (χ4n) is 3.20. The molecule has 0 aliphatic carbocycles. The highest BCUT2D eigenvalue weighted by Gasteiger charge is 2.37. The minimum Gasteiger partial charge on any atom is -0.468 e. The number of nitrogens with zero attached hydrogens (tertiary/aromatic N) is 1. The first-order chi connectivity index (χ1) is 9.46. The lowest BCUT2D eigenvalue weighted by Crippen LogP contribution is -2.53. The molecule has 1 heterocycles. The molecule has 1 rings (SSSR count). The van der Waals surface area contributed by atoms with E-state index in [0.29, 0.717) is 12.0 Å². The number of likely N-dealkylation sites (tertiary alicyclic amines) is 1. The van der Waals surface area contributed by atoms with Crippen LogP contribution >= 0.6 is 0 Å². The van der Waals surface area contributed by atoms with Gasteiger partial charge in [0.1, 0.15) is 5.54 Å². The first-order valence-electron chi connectivity index (χ1n) is 7.53. The van der Waals surface area contributed by atoms with E-state index in [4.69, 9.17) is 9.47 Å². The number of nitrogens with one attached hydrogen (secondary N) is 1. The molecule has 0 saturated carbocycles. The van der Waals surface area contributed by atoms with Gasteiger partial charge in [-0.05, 0) is 45.7 Å². The van der Waals surface area contributed by atoms with Gasteiger partial charge in [-0.3, -0.25) is 4.79 Å². The van der Waals surface area contributed by atoms with Gasteiger partial charge in [0, 0.05) is 19.7 Å². The molecule has 0 aromatic carbocycles. The highest BCUT2D eigenvalue weighted by Crippen LogP contribution is 2.24. The van der Waals surface area contributed by atoms with Crippen molar-refractivity contribution in [3.8, 4) is 0 Å². The van der Waals surface area contributed by atoms with Crippen LogP contribution in [-0.2, 0) is 14.3 Å². The van der Waals surface area contributed by atoms with E-state index in [2.05, 4.69) is 17.1 Å². The van der Waals surface area contributed by atoms with Crippen LogP contribution in [0.1, 0.15) is 33.6 Å². The predicted octanol–water partition coefficient (Wildman–Crippen LogP) is 1.27. The third-order valence-electron chi connectivity index (χ3n) is 4.25. The number of carbonyl (C=O) groups is 1. The summed E-state index contributed by atoms with van der Waals surface area (Å²) in [4.78, 5) is 14.5. The molecular weight excluding hydrogens is 256 g/mol. The third kappa shape index (κ3) is 4.43. The van der Waals surface area contributed by atoms with E-state index in [-0.39, 0.29) is 5.97 Å². The topological polar surface area (TPSA) is 50.8 Å². The van der Waals surface area contributed by atoms with Crippen molar-refractivity contribution in [1.29, 1.82) is 0 Å². The minimum absolute atomic E-state index is 0.182. The molecule has 5 heteroatoms. The largest absolute Gasteiger partial charge is 0.468 e. The second kappa shape index (κ2) is 7.96. The van der Waals surface area contributed by atoms with Crippen molar-refractivity contribution in [2.24, 2.45) is 5.92 Å². The molecule has 0 amide bonds. The Balaban J connectivity index is 2.58. The van der Waals surface area contributed by atoms with Crippen molar-refractivity contribution in [3.63, 3.8) is 0 Å². The average Bonchev–Trinajstić information content (AvgIpc) is 2.87. The number of methoxy groups -OCH3 is 2. The fourth-order valence-corrected chi connectivity index (χ4v) is 3.20. The zero-order chi connectivity index (χ0) is 15.2. The van der Waals surface area contributed by atoms with Crippen LogP contribution in [0.25, 0.3) is 0 Å². The number of hydrogen-bond acceptors (Lipinski definition) is 5. The summed E-state index contributed by atoms with van der Waals surface area (Å²) in [6.07, 6.45) is 1.93. The predicted molar refractivity (Wildman–Crippen MR) is 79.7 cm³/mol. The number of carbonyl (C=O) groups excluding carboxylic acids is 1. The lowest BCUT2D eigenvalue weighted by molar-refractivity contribution is -0.148. The minimum atomic E-state index is -0.609. The molecule has 0 bridgehead atoms. The molecule has 0 radical (unpaired) electrons. The van der Waals surface area contributed by atoms with Crippen molar-refractivity contribution in [3.05, 3.63) is 0 Å². The van der Waals surface area contributed by atoms with Crippen molar-refractivity contribution in [2.45, 2.75) is 45.2 Å². The Bertz CT molecular complexity index is 311. The van der Waals surface area contributed by atoms with Crippen LogP contribution in [0, 0.1) is 5.92 Å². The maximum absolute atomic E-state index is 12.0. The van der Waals surface area contributed by atoms with Crippen molar-refractivity contribution >= 4 is 5.97 Å². The lowest BCUT2D eigenvalue weighted by atomic mass is 9.93. The van der Waals surface area contributed by atoms with Crippen LogP contribution in [0.5, 0.6) is 0 Å². The third-order valence-corrected chi connectivity index (χ3v) is 4.25. The van der Waals surface area contributed by atoms with E-state index in [1.165, 1.54) is 13.5 Å². The zero-order valence-corrected chi connectivity index (χ0v) is 13.6. The van der Waals surface area contributed by atoms with Gasteiger partial charge in [-0.2, -0.15) is 0 Å². The molecule has 1 aliphatic heterocycles. The zero-order valence-electron chi connectivity index (χ0n) is 13.6. The lowest BCUT2D eigenvalue weighted by Gasteiger charge is -2.34. The van der Waals surface area contributed by atoms with E-state index in [9.17, 15) is 4.79 Å². The SMILES string of the molecule is CCNC(C)(CC(C)N1CCC(COC)C1)C(=O)OC. The molecule has 0 aromatic heterocycles. The summed E-state index contributed by atoms with van der Waals surface area (Å²) >= 11 is 0. The molecule has 118 valence electrons. The number of likely N-dealkylation sites (N-methyl/N-ethyl adjacent to an activating group) is 1. The van der Waals surface area contributed by atoms with Crippen LogP contribution in [0.2, 0.25) is 0 Å². The van der Waals surface area contributed by atoms with E-state index < -0.39 is 5.54 Å². The number of hydrogen-bond donors (Lipinski definition) is 1. The Hall–Kier alpha value is -0.650. The number of esters is 1. The Morgan fingerprint density at radius 2 is 2.20 bits per heavy atom. The molecule has 1 fully saturated rings. The molecule has 1 saturated heterocycles. The summed E-state index contributed by atoms with van der Waals surface area (Å²) in [7, 11) is 3.21. The number of ether oxygens (including phenoxy) is 2. The maximum atomic E-state index is 12.0. The van der Waals surface area contributed by atoms with Gasteiger partial charge in [0.25, 0.3) is 0 Å². The van der Waals surface area contributed by atoms with Crippen molar-refractivity contribution in [2.75, 3.05) is 40.5 Å². The first kappa shape index (κ1) is 17.4. The Kier molecular flexibility index (Phi) is 6.92. The van der Waals surface area contributed by atoms with Gasteiger partial charge in [-0.15, -0.1) is 0 Å². The Morgan fingerprint density at radius 3 is 2.75 bits per heavy atom. The van der Waals surface area contributed by atoms with E-state index in [0.717, 1.165) is 32.7 Å². The summed E-state index contributed by atoms with van der Waals surface area (Å²) in [5, 5.41) is 3.27. The average molecular weight is 286 g/mol. The molecule has 1 aliphatic rings. The van der Waals surface area contributed by atoms with Gasteiger partial charge in [0.2, 0.25) is 0 Å². The highest BCUT2D eigenvalue weighted by atomic mass is 16.5. The van der Waals surface area contributed by atoms with Gasteiger partial charge in [-0.25, -0.2) is 0 Å². The summed E-state index contributed by atoms with van der Waals surface area (Å²) in [5.41, 5.74) is -0.609. The van der Waals surface area contributed by atoms with E-state index in [1.807, 2.05) is 13.8 Å². The van der Waals surface area contributed by atoms with Crippen LogP contribution in [-0.4, -0.2) is 62.9 Å². The maximum Gasteiger partial charge on any atom is 0.325 e. The molecular formula is C15H30N2O3. The molecule has 1 N–H and O–H groups in total. The van der Waals surface area contributed by atoms with Crippen LogP contribution < -0.4 is 5.32 Å². The van der Waals surface area contributed by atoms with Gasteiger partial charge < -0.3 is 19.7 Å². The Labute approximate surface area is 123 Å². The first-order valence-corrected chi connectivity index (χ1v) is 7.53. The normalized spacial score (nSPS) is 24.4. The van der Waals surface area contributed by atoms with Crippen molar-refractivity contribution in [1.82, 2.24) is 10.2 Å². The summed E-state index contributed by atoms with van der Waals surface area (Å²) in [6.45, 7) is 9.85. The van der Waals surface area contributed by atoms with E-state index >= 15 is 0 Å².